The molecule has 0 radical (unpaired) electrons. The van der Waals surface area contributed by atoms with Gasteiger partial charge in [0.05, 0.1) is 12.2 Å². The highest BCUT2D eigenvalue weighted by molar-refractivity contribution is 6.06. The van der Waals surface area contributed by atoms with Crippen LogP contribution in [0.2, 0.25) is 0 Å². The third-order valence-electron chi connectivity index (χ3n) is 4.31. The first-order chi connectivity index (χ1) is 11.7. The molecule has 1 unspecified atom stereocenters. The third kappa shape index (κ3) is 3.90. The van der Waals surface area contributed by atoms with Gasteiger partial charge in [-0.3, -0.25) is 19.5 Å². The second kappa shape index (κ2) is 6.59. The van der Waals surface area contributed by atoms with Crippen LogP contribution in [-0.4, -0.2) is 54.8 Å². The SMILES string of the molecule is CN(CC(=O)OC(C)(C)C)CC1=Nc2cccc3c2C1CCNC3=O. The van der Waals surface area contributed by atoms with Crippen molar-refractivity contribution in [3.63, 3.8) is 0 Å². The van der Waals surface area contributed by atoms with Crippen LogP contribution in [0.1, 0.15) is 49.0 Å². The summed E-state index contributed by atoms with van der Waals surface area (Å²) in [6.07, 6.45) is 0.828. The van der Waals surface area contributed by atoms with Gasteiger partial charge in [0.25, 0.3) is 5.91 Å². The number of nitrogens with one attached hydrogen (secondary N) is 1. The number of benzene rings is 1. The predicted octanol–water partition coefficient (Wildman–Crippen LogP) is 2.26. The van der Waals surface area contributed by atoms with Crippen molar-refractivity contribution in [2.45, 2.75) is 38.7 Å². The molecule has 0 saturated carbocycles. The number of carbonyl (C=O) groups excluding carboxylic acids is 2. The summed E-state index contributed by atoms with van der Waals surface area (Å²) in [4.78, 5) is 30.9. The molecule has 0 fully saturated rings. The second-order valence-corrected chi connectivity index (χ2v) is 7.70. The molecule has 25 heavy (non-hydrogen) atoms. The van der Waals surface area contributed by atoms with Crippen molar-refractivity contribution in [2.24, 2.45) is 4.99 Å². The average Bonchev–Trinajstić information content (AvgIpc) is 2.71. The number of rotatable bonds is 4. The van der Waals surface area contributed by atoms with Crippen LogP contribution in [-0.2, 0) is 9.53 Å². The van der Waals surface area contributed by atoms with Crippen LogP contribution in [0.5, 0.6) is 0 Å². The zero-order valence-electron chi connectivity index (χ0n) is 15.3. The molecule has 0 aromatic heterocycles. The molecule has 1 aromatic carbocycles. The van der Waals surface area contributed by atoms with Crippen LogP contribution < -0.4 is 5.32 Å². The number of carbonyl (C=O) groups is 2. The van der Waals surface area contributed by atoms with Gasteiger partial charge in [-0.05, 0) is 51.9 Å². The Hall–Kier alpha value is -2.21. The molecular weight excluding hydrogens is 318 g/mol. The second-order valence-electron chi connectivity index (χ2n) is 7.70. The normalized spacial score (nSPS) is 19.2. The first-order valence-corrected chi connectivity index (χ1v) is 8.63. The van der Waals surface area contributed by atoms with Gasteiger partial charge in [0, 0.05) is 30.3 Å². The van der Waals surface area contributed by atoms with E-state index in [0.29, 0.717) is 18.7 Å². The molecule has 2 aliphatic heterocycles. The number of aliphatic imine (C=N–C) groups is 1. The molecule has 1 aromatic rings. The summed E-state index contributed by atoms with van der Waals surface area (Å²) in [5, 5.41) is 2.94. The molecule has 2 aliphatic rings. The van der Waals surface area contributed by atoms with Gasteiger partial charge in [0.2, 0.25) is 0 Å². The molecule has 134 valence electrons. The minimum absolute atomic E-state index is 0.0297. The van der Waals surface area contributed by atoms with Gasteiger partial charge in [-0.25, -0.2) is 0 Å². The molecule has 0 aliphatic carbocycles. The molecular formula is C19H25N3O3. The van der Waals surface area contributed by atoms with E-state index in [1.165, 1.54) is 0 Å². The number of nitrogens with zero attached hydrogens (tertiary/aromatic N) is 2. The minimum Gasteiger partial charge on any atom is -0.459 e. The summed E-state index contributed by atoms with van der Waals surface area (Å²) in [5.41, 5.74) is 3.14. The molecule has 0 bridgehead atoms. The van der Waals surface area contributed by atoms with Gasteiger partial charge >= 0.3 is 5.97 Å². The van der Waals surface area contributed by atoms with Gasteiger partial charge in [0.15, 0.2) is 0 Å². The minimum atomic E-state index is -0.485. The lowest BCUT2D eigenvalue weighted by Gasteiger charge is -2.23. The molecule has 0 saturated heterocycles. The Morgan fingerprint density at radius 1 is 1.40 bits per heavy atom. The fourth-order valence-corrected chi connectivity index (χ4v) is 3.42. The van der Waals surface area contributed by atoms with E-state index in [1.807, 2.05) is 50.9 Å². The Morgan fingerprint density at radius 3 is 2.88 bits per heavy atom. The van der Waals surface area contributed by atoms with Crippen LogP contribution in [0.4, 0.5) is 5.69 Å². The summed E-state index contributed by atoms with van der Waals surface area (Å²) in [5.74, 6) is -0.145. The zero-order valence-corrected chi connectivity index (χ0v) is 15.3. The van der Waals surface area contributed by atoms with Gasteiger partial charge in [-0.15, -0.1) is 0 Å². The number of likely N-dealkylation sites (N-methyl/N-ethyl adjacent to an activating group) is 1. The van der Waals surface area contributed by atoms with Crippen molar-refractivity contribution in [1.82, 2.24) is 10.2 Å². The number of ether oxygens (including phenoxy) is 1. The first kappa shape index (κ1) is 17.6. The van der Waals surface area contributed by atoms with Crippen molar-refractivity contribution in [1.29, 1.82) is 0 Å². The summed E-state index contributed by atoms with van der Waals surface area (Å²) in [6.45, 7) is 7.00. The number of amides is 1. The van der Waals surface area contributed by atoms with Crippen molar-refractivity contribution >= 4 is 23.3 Å². The standard InChI is InChI=1S/C19H25N3O3/c1-19(2,3)25-16(23)11-22(4)10-15-12-8-9-20-18(24)13-6-5-7-14(21-15)17(12)13/h5-7,12H,8-11H2,1-4H3,(H,20,24). The van der Waals surface area contributed by atoms with E-state index in [4.69, 9.17) is 9.73 Å². The summed E-state index contributed by atoms with van der Waals surface area (Å²) >= 11 is 0. The lowest BCUT2D eigenvalue weighted by molar-refractivity contribution is -0.155. The molecule has 2 heterocycles. The maximum absolute atomic E-state index is 12.2. The molecule has 1 N–H and O–H groups in total. The van der Waals surface area contributed by atoms with E-state index in [0.717, 1.165) is 23.4 Å². The molecule has 0 spiro atoms. The zero-order chi connectivity index (χ0) is 18.2. The van der Waals surface area contributed by atoms with E-state index in [1.54, 1.807) is 0 Å². The third-order valence-corrected chi connectivity index (χ3v) is 4.31. The Kier molecular flexibility index (Phi) is 4.64. The van der Waals surface area contributed by atoms with Crippen LogP contribution in [0.15, 0.2) is 23.2 Å². The quantitative estimate of drug-likeness (QED) is 0.852. The Morgan fingerprint density at radius 2 is 2.16 bits per heavy atom. The lowest BCUT2D eigenvalue weighted by Crippen LogP contribution is -2.36. The van der Waals surface area contributed by atoms with Crippen LogP contribution in [0.25, 0.3) is 0 Å². The predicted molar refractivity (Wildman–Crippen MR) is 96.6 cm³/mol. The maximum atomic E-state index is 12.2. The van der Waals surface area contributed by atoms with E-state index in [9.17, 15) is 9.59 Å². The summed E-state index contributed by atoms with van der Waals surface area (Å²) in [6, 6.07) is 5.67. The van der Waals surface area contributed by atoms with Crippen molar-refractivity contribution in [3.8, 4) is 0 Å². The fraction of sp³-hybridized carbons (Fsp3) is 0.526. The van der Waals surface area contributed by atoms with E-state index in [-0.39, 0.29) is 24.3 Å². The van der Waals surface area contributed by atoms with Crippen molar-refractivity contribution in [3.05, 3.63) is 29.3 Å². The van der Waals surface area contributed by atoms with Crippen molar-refractivity contribution < 1.29 is 14.3 Å². The molecule has 3 rings (SSSR count). The Bertz CT molecular complexity index is 734. The Labute approximate surface area is 148 Å². The summed E-state index contributed by atoms with van der Waals surface area (Å²) < 4.78 is 5.38. The van der Waals surface area contributed by atoms with Crippen LogP contribution >= 0.6 is 0 Å². The van der Waals surface area contributed by atoms with Gasteiger partial charge in [0.1, 0.15) is 5.60 Å². The monoisotopic (exact) mass is 343 g/mol. The van der Waals surface area contributed by atoms with Crippen LogP contribution in [0.3, 0.4) is 0 Å². The number of esters is 1. The van der Waals surface area contributed by atoms with Gasteiger partial charge in [-0.2, -0.15) is 0 Å². The Balaban J connectivity index is 1.72. The summed E-state index contributed by atoms with van der Waals surface area (Å²) in [7, 11) is 1.89. The average molecular weight is 343 g/mol. The number of hydrogen-bond acceptors (Lipinski definition) is 5. The van der Waals surface area contributed by atoms with E-state index >= 15 is 0 Å². The highest BCUT2D eigenvalue weighted by Gasteiger charge is 2.33. The topological polar surface area (TPSA) is 71.0 Å². The molecule has 6 heteroatoms. The number of hydrogen-bond donors (Lipinski definition) is 1. The first-order valence-electron chi connectivity index (χ1n) is 8.63. The lowest BCUT2D eigenvalue weighted by atomic mass is 9.90. The fourth-order valence-electron chi connectivity index (χ4n) is 3.42. The van der Waals surface area contributed by atoms with Gasteiger partial charge < -0.3 is 10.1 Å². The highest BCUT2D eigenvalue weighted by atomic mass is 16.6. The smallest absolute Gasteiger partial charge is 0.320 e. The molecule has 6 nitrogen and oxygen atoms in total. The highest BCUT2D eigenvalue weighted by Crippen LogP contribution is 2.40. The van der Waals surface area contributed by atoms with Gasteiger partial charge in [-0.1, -0.05) is 6.07 Å². The molecule has 1 amide bonds. The largest absolute Gasteiger partial charge is 0.459 e. The van der Waals surface area contributed by atoms with Crippen LogP contribution in [0, 0.1) is 0 Å². The molecule has 1 atom stereocenters. The van der Waals surface area contributed by atoms with E-state index in [2.05, 4.69) is 5.32 Å². The maximum Gasteiger partial charge on any atom is 0.320 e. The van der Waals surface area contributed by atoms with Crippen molar-refractivity contribution in [2.75, 3.05) is 26.7 Å². The van der Waals surface area contributed by atoms with E-state index < -0.39 is 5.60 Å².